The van der Waals surface area contributed by atoms with Crippen molar-refractivity contribution in [1.82, 2.24) is 20.4 Å². The molecule has 5 aromatic rings. The van der Waals surface area contributed by atoms with Crippen LogP contribution in [-0.4, -0.2) is 30.6 Å². The molecule has 2 heterocycles. The number of rotatable bonds is 4. The first-order chi connectivity index (χ1) is 17.9. The van der Waals surface area contributed by atoms with E-state index in [4.69, 9.17) is 8.83 Å². The van der Waals surface area contributed by atoms with Gasteiger partial charge >= 0.3 is 0 Å². The molecule has 8 nitrogen and oxygen atoms in total. The summed E-state index contributed by atoms with van der Waals surface area (Å²) in [5.41, 5.74) is 4.05. The van der Waals surface area contributed by atoms with Crippen molar-refractivity contribution in [3.8, 4) is 57.3 Å². The predicted molar refractivity (Wildman–Crippen MR) is 145 cm³/mol. The van der Waals surface area contributed by atoms with Crippen LogP contribution in [0.15, 0.2) is 69.5 Å². The number of benzene rings is 3. The van der Waals surface area contributed by atoms with Gasteiger partial charge in [-0.25, -0.2) is 0 Å². The van der Waals surface area contributed by atoms with Gasteiger partial charge in [-0.3, -0.25) is 0 Å². The van der Waals surface area contributed by atoms with Crippen LogP contribution in [0, 0.1) is 0 Å². The second kappa shape index (κ2) is 9.13. The zero-order valence-corrected chi connectivity index (χ0v) is 22.3. The lowest BCUT2D eigenvalue weighted by Gasteiger charge is -2.18. The number of phenols is 2. The molecule has 0 atom stereocenters. The molecule has 0 fully saturated rings. The van der Waals surface area contributed by atoms with Gasteiger partial charge in [-0.2, -0.15) is 0 Å². The molecule has 0 amide bonds. The molecule has 0 unspecified atom stereocenters. The van der Waals surface area contributed by atoms with Crippen LogP contribution in [0.4, 0.5) is 0 Å². The van der Waals surface area contributed by atoms with Gasteiger partial charge in [0.15, 0.2) is 0 Å². The minimum atomic E-state index is -0.176. The van der Waals surface area contributed by atoms with Gasteiger partial charge in [0, 0.05) is 11.1 Å². The Hall–Kier alpha value is -4.46. The first kappa shape index (κ1) is 25.2. The summed E-state index contributed by atoms with van der Waals surface area (Å²) in [4.78, 5) is 0. The number of aromatic nitrogens is 4. The van der Waals surface area contributed by atoms with Crippen LogP contribution < -0.4 is 0 Å². The molecular weight excluding hydrogens is 480 g/mol. The van der Waals surface area contributed by atoms with Crippen LogP contribution in [0.2, 0.25) is 0 Å². The topological polar surface area (TPSA) is 118 Å². The van der Waals surface area contributed by atoms with Crippen molar-refractivity contribution < 1.29 is 19.0 Å². The van der Waals surface area contributed by atoms with Crippen molar-refractivity contribution in [2.45, 2.75) is 52.4 Å². The maximum absolute atomic E-state index is 10.7. The minimum Gasteiger partial charge on any atom is -0.507 e. The van der Waals surface area contributed by atoms with Crippen LogP contribution in [0.5, 0.6) is 11.5 Å². The average molecular weight is 511 g/mol. The van der Waals surface area contributed by atoms with Crippen molar-refractivity contribution in [2.75, 3.05) is 0 Å². The van der Waals surface area contributed by atoms with E-state index in [1.165, 1.54) is 23.3 Å². The lowest BCUT2D eigenvalue weighted by molar-refractivity contribution is 0.457. The molecule has 0 aliphatic carbocycles. The molecule has 0 bridgehead atoms. The summed E-state index contributed by atoms with van der Waals surface area (Å²) in [7, 11) is 0. The predicted octanol–water partition coefficient (Wildman–Crippen LogP) is 7.13. The van der Waals surface area contributed by atoms with E-state index in [0.717, 1.165) is 11.1 Å². The summed E-state index contributed by atoms with van der Waals surface area (Å²) in [6.07, 6.45) is 0. The largest absolute Gasteiger partial charge is 0.507 e. The van der Waals surface area contributed by atoms with Crippen LogP contribution in [0.25, 0.3) is 45.8 Å². The average Bonchev–Trinajstić information content (AvgIpc) is 3.55. The van der Waals surface area contributed by atoms with Crippen molar-refractivity contribution >= 4 is 0 Å². The van der Waals surface area contributed by atoms with Crippen molar-refractivity contribution in [1.29, 1.82) is 0 Å². The molecule has 0 aliphatic heterocycles. The second-order valence-corrected chi connectivity index (χ2v) is 11.3. The number of hydrogen-bond acceptors (Lipinski definition) is 8. The van der Waals surface area contributed by atoms with Gasteiger partial charge in [-0.1, -0.05) is 65.8 Å². The van der Waals surface area contributed by atoms with Gasteiger partial charge < -0.3 is 19.0 Å². The Morgan fingerprint density at radius 1 is 0.474 bits per heavy atom. The van der Waals surface area contributed by atoms with E-state index in [1.807, 2.05) is 48.5 Å². The SMILES string of the molecule is CC(C)(C)c1ccc(-c2nnc(-c3c(O)ccc(O)c3-c3nnc(-c4ccc(C(C)(C)C)cc4)o3)o2)cc1. The monoisotopic (exact) mass is 510 g/mol. The van der Waals surface area contributed by atoms with E-state index in [1.54, 1.807) is 0 Å². The van der Waals surface area contributed by atoms with Gasteiger partial charge in [-0.15, -0.1) is 20.4 Å². The molecule has 2 aromatic heterocycles. The second-order valence-electron chi connectivity index (χ2n) is 11.3. The van der Waals surface area contributed by atoms with E-state index in [0.29, 0.717) is 0 Å². The molecule has 8 heteroatoms. The Bertz CT molecular complexity index is 1460. The maximum Gasteiger partial charge on any atom is 0.252 e. The first-order valence-corrected chi connectivity index (χ1v) is 12.4. The Labute approximate surface area is 221 Å². The van der Waals surface area contributed by atoms with Crippen LogP contribution in [-0.2, 0) is 10.8 Å². The van der Waals surface area contributed by atoms with E-state index >= 15 is 0 Å². The fourth-order valence-electron chi connectivity index (χ4n) is 4.12. The summed E-state index contributed by atoms with van der Waals surface area (Å²) in [6.45, 7) is 12.9. The van der Waals surface area contributed by atoms with Gasteiger partial charge in [0.2, 0.25) is 11.8 Å². The van der Waals surface area contributed by atoms with E-state index in [2.05, 4.69) is 61.9 Å². The third kappa shape index (κ3) is 4.77. The Kier molecular flexibility index (Phi) is 6.06. The summed E-state index contributed by atoms with van der Waals surface area (Å²) < 4.78 is 11.9. The molecule has 0 spiro atoms. The lowest BCUT2D eigenvalue weighted by atomic mass is 9.87. The normalized spacial score (nSPS) is 12.2. The summed E-state index contributed by atoms with van der Waals surface area (Å²) in [5.74, 6) is 0.226. The van der Waals surface area contributed by atoms with Crippen molar-refractivity contribution in [3.63, 3.8) is 0 Å². The molecule has 0 saturated heterocycles. The minimum absolute atomic E-state index is 0.0116. The van der Waals surface area contributed by atoms with Crippen molar-refractivity contribution in [2.24, 2.45) is 0 Å². The molecule has 0 saturated carbocycles. The van der Waals surface area contributed by atoms with Gasteiger partial charge in [0.25, 0.3) is 11.8 Å². The highest BCUT2D eigenvalue weighted by atomic mass is 16.4. The van der Waals surface area contributed by atoms with Gasteiger partial charge in [0.1, 0.15) is 11.5 Å². The Balaban J connectivity index is 1.52. The molecule has 0 aliphatic rings. The number of nitrogens with zero attached hydrogens (tertiary/aromatic N) is 4. The van der Waals surface area contributed by atoms with Crippen LogP contribution >= 0.6 is 0 Å². The first-order valence-electron chi connectivity index (χ1n) is 12.4. The number of hydrogen-bond donors (Lipinski definition) is 2. The molecular formula is C30H30N4O4. The zero-order chi connectivity index (χ0) is 27.2. The number of aromatic hydroxyl groups is 2. The highest BCUT2D eigenvalue weighted by molar-refractivity contribution is 5.85. The fraction of sp³-hybridized carbons (Fsp3) is 0.267. The molecule has 3 aromatic carbocycles. The molecule has 5 rings (SSSR count). The van der Waals surface area contributed by atoms with Crippen LogP contribution in [0.1, 0.15) is 52.7 Å². The highest BCUT2D eigenvalue weighted by Crippen LogP contribution is 2.44. The molecule has 0 radical (unpaired) electrons. The third-order valence-corrected chi connectivity index (χ3v) is 6.43. The summed E-state index contributed by atoms with van der Waals surface area (Å²) in [6, 6.07) is 18.4. The van der Waals surface area contributed by atoms with E-state index < -0.39 is 0 Å². The molecule has 194 valence electrons. The maximum atomic E-state index is 10.7. The Morgan fingerprint density at radius 3 is 1.11 bits per heavy atom. The van der Waals surface area contributed by atoms with E-state index in [-0.39, 0.29) is 57.0 Å². The fourth-order valence-corrected chi connectivity index (χ4v) is 4.12. The quantitative estimate of drug-likeness (QED) is 0.245. The third-order valence-electron chi connectivity index (χ3n) is 6.43. The number of phenolic OH excluding ortho intramolecular Hbond substituents is 2. The molecule has 2 N–H and O–H groups in total. The summed E-state index contributed by atoms with van der Waals surface area (Å²) in [5, 5.41) is 38.1. The highest BCUT2D eigenvalue weighted by Gasteiger charge is 2.26. The van der Waals surface area contributed by atoms with Gasteiger partial charge in [-0.05, 0) is 58.4 Å². The smallest absolute Gasteiger partial charge is 0.252 e. The lowest BCUT2D eigenvalue weighted by Crippen LogP contribution is -2.10. The van der Waals surface area contributed by atoms with Crippen molar-refractivity contribution in [3.05, 3.63) is 71.8 Å². The Morgan fingerprint density at radius 2 is 0.789 bits per heavy atom. The van der Waals surface area contributed by atoms with Crippen LogP contribution in [0.3, 0.4) is 0 Å². The standard InChI is InChI=1S/C30H30N4O4/c1-29(2,3)19-11-7-17(8-12-19)25-31-33-27(37-25)23-21(35)15-16-22(36)24(23)28-34-32-26(38-28)18-9-13-20(14-10-18)30(4,5)6/h7-16,35-36H,1-6H3. The molecule has 38 heavy (non-hydrogen) atoms. The zero-order valence-electron chi connectivity index (χ0n) is 22.3. The summed E-state index contributed by atoms with van der Waals surface area (Å²) >= 11 is 0. The van der Waals surface area contributed by atoms with Gasteiger partial charge in [0.05, 0.1) is 11.1 Å². The van der Waals surface area contributed by atoms with E-state index in [9.17, 15) is 10.2 Å².